The first-order valence-corrected chi connectivity index (χ1v) is 14.2. The predicted octanol–water partition coefficient (Wildman–Crippen LogP) is 4.75. The highest BCUT2D eigenvalue weighted by Gasteiger charge is 2.59. The van der Waals surface area contributed by atoms with Crippen molar-refractivity contribution in [3.8, 4) is 0 Å². The number of carbonyl (C=O) groups excluding carboxylic acids is 5. The van der Waals surface area contributed by atoms with Crippen LogP contribution in [0.15, 0.2) is 85.5 Å². The lowest BCUT2D eigenvalue weighted by Crippen LogP contribution is -2.61. The number of amides is 3. The number of rotatable bonds is 15. The minimum absolute atomic E-state index is 0.0306. The Bertz CT molecular complexity index is 1340. The van der Waals surface area contributed by atoms with Crippen LogP contribution in [0, 0.1) is 5.92 Å². The Morgan fingerprint density at radius 2 is 1.52 bits per heavy atom. The van der Waals surface area contributed by atoms with Gasteiger partial charge >= 0.3 is 24.3 Å². The molecule has 234 valence electrons. The van der Waals surface area contributed by atoms with Gasteiger partial charge in [0.15, 0.2) is 0 Å². The summed E-state index contributed by atoms with van der Waals surface area (Å²) in [6, 6.07) is 6.21. The average Bonchev–Trinajstić information content (AvgIpc) is 3.33. The largest absolute Gasteiger partial charge is 0.508 e. The Hall–Kier alpha value is -4.98. The van der Waals surface area contributed by atoms with Gasteiger partial charge in [0, 0.05) is 16.3 Å². The lowest BCUT2D eigenvalue weighted by Gasteiger charge is -2.44. The van der Waals surface area contributed by atoms with Gasteiger partial charge in [0.1, 0.15) is 49.5 Å². The third kappa shape index (κ3) is 8.10. The molecule has 2 heterocycles. The van der Waals surface area contributed by atoms with E-state index in [-0.39, 0.29) is 38.7 Å². The SMILES string of the molecule is C=CCOC(=O)Nc1ccc(N(CC2=C(C(=O)OCC=C)N3C(=O)[C@H]([C@@H](C)OC(=O)OCC=C)[C@H]3S2)C(=O)OCC=C)cc1. The van der Waals surface area contributed by atoms with E-state index in [0.29, 0.717) is 16.3 Å². The molecule has 3 atom stereocenters. The highest BCUT2D eigenvalue weighted by Crippen LogP contribution is 2.51. The number of thioether (sulfide) groups is 1. The summed E-state index contributed by atoms with van der Waals surface area (Å²) in [6.45, 7) is 15.2. The van der Waals surface area contributed by atoms with Crippen LogP contribution in [0.4, 0.5) is 25.8 Å². The van der Waals surface area contributed by atoms with E-state index < -0.39 is 47.6 Å². The number of hydrogen-bond donors (Lipinski definition) is 1. The van der Waals surface area contributed by atoms with E-state index in [0.717, 1.165) is 11.8 Å². The number of hydrogen-bond acceptors (Lipinski definition) is 11. The number of nitrogens with zero attached hydrogens (tertiary/aromatic N) is 2. The van der Waals surface area contributed by atoms with Gasteiger partial charge in [0.05, 0.1) is 6.54 Å². The minimum atomic E-state index is -0.964. The fraction of sp³-hybridized carbons (Fsp3) is 0.300. The van der Waals surface area contributed by atoms with Crippen molar-refractivity contribution in [2.75, 3.05) is 43.2 Å². The molecule has 0 unspecified atom stereocenters. The molecule has 1 saturated heterocycles. The number of β-lactam (4-membered cyclic amide) rings is 1. The van der Waals surface area contributed by atoms with Gasteiger partial charge in [0.2, 0.25) is 5.91 Å². The molecular weight excluding hydrogens is 594 g/mol. The molecule has 13 nitrogen and oxygen atoms in total. The number of benzene rings is 1. The van der Waals surface area contributed by atoms with Gasteiger partial charge < -0.3 is 23.7 Å². The zero-order valence-corrected chi connectivity index (χ0v) is 24.9. The average molecular weight is 628 g/mol. The molecule has 0 radical (unpaired) electrons. The summed E-state index contributed by atoms with van der Waals surface area (Å²) in [5.41, 5.74) is 0.702. The molecule has 0 aromatic heterocycles. The second kappa shape index (κ2) is 16.0. The van der Waals surface area contributed by atoms with E-state index in [4.69, 9.17) is 23.7 Å². The first-order valence-electron chi connectivity index (χ1n) is 13.3. The van der Waals surface area contributed by atoms with E-state index in [9.17, 15) is 24.0 Å². The van der Waals surface area contributed by atoms with Crippen LogP contribution in [-0.2, 0) is 33.3 Å². The van der Waals surface area contributed by atoms with Crippen LogP contribution in [0.1, 0.15) is 6.92 Å². The van der Waals surface area contributed by atoms with Gasteiger partial charge in [0.25, 0.3) is 0 Å². The zero-order valence-electron chi connectivity index (χ0n) is 24.1. The van der Waals surface area contributed by atoms with Gasteiger partial charge in [-0.25, -0.2) is 19.2 Å². The molecule has 1 fully saturated rings. The first kappa shape index (κ1) is 33.5. The number of esters is 1. The highest BCUT2D eigenvalue weighted by atomic mass is 32.2. The lowest BCUT2D eigenvalue weighted by molar-refractivity contribution is -0.158. The van der Waals surface area contributed by atoms with Gasteiger partial charge in [-0.1, -0.05) is 62.4 Å². The van der Waals surface area contributed by atoms with E-state index in [1.165, 1.54) is 34.1 Å². The van der Waals surface area contributed by atoms with E-state index in [1.54, 1.807) is 31.2 Å². The molecule has 1 N–H and O–H groups in total. The number of nitrogens with one attached hydrogen (secondary N) is 1. The second-order valence-electron chi connectivity index (χ2n) is 9.08. The molecule has 1 aromatic rings. The number of carbonyl (C=O) groups is 5. The van der Waals surface area contributed by atoms with Crippen LogP contribution < -0.4 is 10.2 Å². The van der Waals surface area contributed by atoms with Gasteiger partial charge in [-0.3, -0.25) is 19.9 Å². The van der Waals surface area contributed by atoms with Crippen molar-refractivity contribution in [3.63, 3.8) is 0 Å². The summed E-state index contributed by atoms with van der Waals surface area (Å²) < 4.78 is 25.6. The summed E-state index contributed by atoms with van der Waals surface area (Å²) in [7, 11) is 0. The maximum atomic E-state index is 13.3. The molecular formula is C30H33N3O10S. The van der Waals surface area contributed by atoms with Crippen molar-refractivity contribution in [3.05, 3.63) is 85.5 Å². The first-order chi connectivity index (χ1) is 21.2. The summed E-state index contributed by atoms with van der Waals surface area (Å²) in [5.74, 6) is -2.06. The third-order valence-electron chi connectivity index (χ3n) is 6.09. The molecule has 3 rings (SSSR count). The van der Waals surface area contributed by atoms with Crippen LogP contribution in [0.3, 0.4) is 0 Å². The number of ether oxygens (including phenoxy) is 5. The van der Waals surface area contributed by atoms with Crippen molar-refractivity contribution >= 4 is 53.4 Å². The van der Waals surface area contributed by atoms with Crippen LogP contribution >= 0.6 is 11.8 Å². The van der Waals surface area contributed by atoms with Gasteiger partial charge in [-0.2, -0.15) is 0 Å². The maximum Gasteiger partial charge on any atom is 0.508 e. The van der Waals surface area contributed by atoms with Crippen molar-refractivity contribution in [1.82, 2.24) is 4.90 Å². The van der Waals surface area contributed by atoms with E-state index in [1.807, 2.05) is 0 Å². The fourth-order valence-electron chi connectivity index (χ4n) is 4.16. The molecule has 0 spiro atoms. The highest BCUT2D eigenvalue weighted by molar-refractivity contribution is 8.04. The van der Waals surface area contributed by atoms with Crippen LogP contribution in [-0.4, -0.2) is 79.6 Å². The van der Waals surface area contributed by atoms with Crippen LogP contribution in [0.2, 0.25) is 0 Å². The monoisotopic (exact) mass is 627 g/mol. The van der Waals surface area contributed by atoms with Crippen molar-refractivity contribution < 1.29 is 47.7 Å². The third-order valence-corrected chi connectivity index (χ3v) is 7.44. The Morgan fingerprint density at radius 1 is 0.932 bits per heavy atom. The molecule has 0 aliphatic carbocycles. The summed E-state index contributed by atoms with van der Waals surface area (Å²) in [4.78, 5) is 66.3. The van der Waals surface area contributed by atoms with Gasteiger partial charge in [-0.15, -0.1) is 0 Å². The molecule has 44 heavy (non-hydrogen) atoms. The summed E-state index contributed by atoms with van der Waals surface area (Å²) in [6.07, 6.45) is 2.28. The maximum absolute atomic E-state index is 13.3. The molecule has 0 bridgehead atoms. The molecule has 3 amide bonds. The second-order valence-corrected chi connectivity index (χ2v) is 10.3. The smallest absolute Gasteiger partial charge is 0.457 e. The summed E-state index contributed by atoms with van der Waals surface area (Å²) >= 11 is 1.16. The van der Waals surface area contributed by atoms with Crippen molar-refractivity contribution in [1.29, 1.82) is 0 Å². The number of anilines is 2. The molecule has 2 aliphatic rings. The van der Waals surface area contributed by atoms with Crippen molar-refractivity contribution in [2.45, 2.75) is 18.4 Å². The van der Waals surface area contributed by atoms with Crippen LogP contribution in [0.5, 0.6) is 0 Å². The molecule has 14 heteroatoms. The predicted molar refractivity (Wildman–Crippen MR) is 162 cm³/mol. The minimum Gasteiger partial charge on any atom is -0.457 e. The Balaban J connectivity index is 1.89. The molecule has 0 saturated carbocycles. The zero-order chi connectivity index (χ0) is 32.2. The van der Waals surface area contributed by atoms with Gasteiger partial charge in [-0.05, 0) is 31.2 Å². The van der Waals surface area contributed by atoms with Crippen LogP contribution in [0.25, 0.3) is 0 Å². The summed E-state index contributed by atoms with van der Waals surface area (Å²) in [5, 5.41) is 1.93. The molecule has 1 aromatic carbocycles. The number of fused-ring (bicyclic) bond motifs is 1. The molecule has 2 aliphatic heterocycles. The topological polar surface area (TPSA) is 150 Å². The lowest BCUT2D eigenvalue weighted by atomic mass is 9.92. The Morgan fingerprint density at radius 3 is 2.16 bits per heavy atom. The quantitative estimate of drug-likeness (QED) is 0.124. The van der Waals surface area contributed by atoms with Crippen molar-refractivity contribution in [2.24, 2.45) is 5.92 Å². The standard InChI is InChI=1S/C30H33N3O10S/c1-6-14-39-27(35)24-22(44-26-23(25(34)33(24)26)19(5)43-30(38)42-17-9-4)18-32(29(37)41-16-8-3)21-12-10-20(11-13-21)31-28(36)40-15-7-2/h6-13,19,23,26H,1-4,14-18H2,5H3,(H,31,36)/t19-,23+,26-/m1/s1. The Kier molecular flexibility index (Phi) is 12.2. The normalized spacial score (nSPS) is 17.2. The Labute approximate surface area is 258 Å². The van der Waals surface area contributed by atoms with E-state index >= 15 is 0 Å². The van der Waals surface area contributed by atoms with E-state index in [2.05, 4.69) is 31.6 Å². The fourth-order valence-corrected chi connectivity index (χ4v) is 5.75.